The molecule has 3 atom stereocenters. The van der Waals surface area contributed by atoms with E-state index in [2.05, 4.69) is 44.8 Å². The van der Waals surface area contributed by atoms with Crippen LogP contribution in [0.1, 0.15) is 20.3 Å². The first-order valence-electron chi connectivity index (χ1n) is 7.03. The Kier molecular flexibility index (Phi) is 3.76. The molecule has 1 heterocycles. The van der Waals surface area contributed by atoms with E-state index in [0.717, 1.165) is 32.7 Å². The van der Waals surface area contributed by atoms with Gasteiger partial charge in [0.2, 0.25) is 0 Å². The van der Waals surface area contributed by atoms with Gasteiger partial charge in [-0.1, -0.05) is 13.8 Å². The summed E-state index contributed by atoms with van der Waals surface area (Å²) in [5.41, 5.74) is 6.75. The highest BCUT2D eigenvalue weighted by atomic mass is 16.5. The molecule has 4 heteroatoms. The van der Waals surface area contributed by atoms with Gasteiger partial charge in [0, 0.05) is 43.1 Å². The lowest BCUT2D eigenvalue weighted by molar-refractivity contribution is -0.161. The van der Waals surface area contributed by atoms with Crippen LogP contribution in [0.5, 0.6) is 0 Å². The smallest absolute Gasteiger partial charge is 0.0691 e. The van der Waals surface area contributed by atoms with Gasteiger partial charge in [0.15, 0.2) is 0 Å². The molecule has 4 nitrogen and oxygen atoms in total. The largest absolute Gasteiger partial charge is 0.377 e. The van der Waals surface area contributed by atoms with Gasteiger partial charge in [0.1, 0.15) is 0 Å². The molecule has 1 saturated heterocycles. The summed E-state index contributed by atoms with van der Waals surface area (Å²) in [5.74, 6) is 0.550. The van der Waals surface area contributed by atoms with E-state index >= 15 is 0 Å². The van der Waals surface area contributed by atoms with Crippen LogP contribution >= 0.6 is 0 Å². The second-order valence-corrected chi connectivity index (χ2v) is 6.99. The standard InChI is InChI=1S/C14H29N3O/c1-13(2)12-11(6-9-18-12)14(13,15)10-17(5)8-7-16(3)4/h11-12H,6-10,15H2,1-5H3. The topological polar surface area (TPSA) is 41.7 Å². The third-order valence-electron chi connectivity index (χ3n) is 5.12. The van der Waals surface area contributed by atoms with Crippen LogP contribution in [-0.4, -0.2) is 68.8 Å². The first-order chi connectivity index (χ1) is 8.29. The van der Waals surface area contributed by atoms with Crippen LogP contribution in [0.25, 0.3) is 0 Å². The third kappa shape index (κ3) is 2.09. The zero-order chi connectivity index (χ0) is 13.6. The molecule has 0 radical (unpaired) electrons. The van der Waals surface area contributed by atoms with Gasteiger partial charge < -0.3 is 20.3 Å². The van der Waals surface area contributed by atoms with Gasteiger partial charge in [-0.25, -0.2) is 0 Å². The Labute approximate surface area is 111 Å². The van der Waals surface area contributed by atoms with E-state index in [-0.39, 0.29) is 11.0 Å². The van der Waals surface area contributed by atoms with Crippen molar-refractivity contribution in [2.75, 3.05) is 47.4 Å². The summed E-state index contributed by atoms with van der Waals surface area (Å²) in [5, 5.41) is 0. The number of hydrogen-bond acceptors (Lipinski definition) is 4. The first kappa shape index (κ1) is 14.3. The van der Waals surface area contributed by atoms with Crippen LogP contribution in [0.3, 0.4) is 0 Å². The Bertz CT molecular complexity index is 305. The summed E-state index contributed by atoms with van der Waals surface area (Å²) in [6, 6.07) is 0. The fraction of sp³-hybridized carbons (Fsp3) is 1.00. The molecule has 2 fully saturated rings. The maximum atomic E-state index is 6.74. The van der Waals surface area contributed by atoms with Gasteiger partial charge in [0.05, 0.1) is 6.10 Å². The molecule has 1 aliphatic carbocycles. The summed E-state index contributed by atoms with van der Waals surface area (Å²) in [6.07, 6.45) is 1.51. The maximum Gasteiger partial charge on any atom is 0.0691 e. The Balaban J connectivity index is 1.95. The van der Waals surface area contributed by atoms with Crippen LogP contribution in [0.4, 0.5) is 0 Å². The summed E-state index contributed by atoms with van der Waals surface area (Å²) in [7, 11) is 6.40. The number of ether oxygens (including phenoxy) is 1. The summed E-state index contributed by atoms with van der Waals surface area (Å²) in [6.45, 7) is 8.54. The van der Waals surface area contributed by atoms with Crippen LogP contribution < -0.4 is 5.73 Å². The highest BCUT2D eigenvalue weighted by molar-refractivity contribution is 5.21. The monoisotopic (exact) mass is 255 g/mol. The molecule has 2 aliphatic rings. The molecule has 0 aromatic heterocycles. The van der Waals surface area contributed by atoms with E-state index in [0.29, 0.717) is 12.0 Å². The highest BCUT2D eigenvalue weighted by Gasteiger charge is 2.67. The van der Waals surface area contributed by atoms with E-state index in [4.69, 9.17) is 10.5 Å². The van der Waals surface area contributed by atoms with Crippen molar-refractivity contribution in [2.45, 2.75) is 31.9 Å². The van der Waals surface area contributed by atoms with Crippen LogP contribution in [-0.2, 0) is 4.74 Å². The van der Waals surface area contributed by atoms with Crippen LogP contribution in [0.15, 0.2) is 0 Å². The minimum atomic E-state index is -0.0881. The van der Waals surface area contributed by atoms with Crippen molar-refractivity contribution >= 4 is 0 Å². The van der Waals surface area contributed by atoms with Gasteiger partial charge in [-0.05, 0) is 27.6 Å². The van der Waals surface area contributed by atoms with Crippen LogP contribution in [0, 0.1) is 11.3 Å². The summed E-state index contributed by atoms with van der Waals surface area (Å²) >= 11 is 0. The number of fused-ring (bicyclic) bond motifs is 1. The third-order valence-corrected chi connectivity index (χ3v) is 5.12. The van der Waals surface area contributed by atoms with Gasteiger partial charge in [-0.2, -0.15) is 0 Å². The van der Waals surface area contributed by atoms with E-state index in [1.54, 1.807) is 0 Å². The lowest BCUT2D eigenvalue weighted by Gasteiger charge is -2.63. The van der Waals surface area contributed by atoms with Crippen LogP contribution in [0.2, 0.25) is 0 Å². The number of nitrogens with zero attached hydrogens (tertiary/aromatic N) is 2. The summed E-state index contributed by atoms with van der Waals surface area (Å²) in [4.78, 5) is 4.59. The quantitative estimate of drug-likeness (QED) is 0.782. The molecule has 1 aliphatic heterocycles. The lowest BCUT2D eigenvalue weighted by Crippen LogP contribution is -2.78. The normalized spacial score (nSPS) is 38.0. The van der Waals surface area contributed by atoms with Crippen molar-refractivity contribution < 1.29 is 4.74 Å². The van der Waals surface area contributed by atoms with Crippen molar-refractivity contribution in [3.8, 4) is 0 Å². The maximum absolute atomic E-state index is 6.74. The number of hydrogen-bond donors (Lipinski definition) is 1. The van der Waals surface area contributed by atoms with E-state index in [1.165, 1.54) is 0 Å². The second-order valence-electron chi connectivity index (χ2n) is 6.99. The molecule has 0 amide bonds. The molecular weight excluding hydrogens is 226 g/mol. The van der Waals surface area contributed by atoms with Crippen molar-refractivity contribution in [2.24, 2.45) is 17.1 Å². The van der Waals surface area contributed by atoms with E-state index < -0.39 is 0 Å². The predicted octanol–water partition coefficient (Wildman–Crippen LogP) is 0.622. The first-order valence-corrected chi connectivity index (χ1v) is 7.03. The SMILES string of the molecule is CN(C)CCN(C)CC1(N)C2CCOC2C1(C)C. The molecule has 106 valence electrons. The number of likely N-dealkylation sites (N-methyl/N-ethyl adjacent to an activating group) is 2. The van der Waals surface area contributed by atoms with E-state index in [1.807, 2.05) is 0 Å². The minimum Gasteiger partial charge on any atom is -0.377 e. The zero-order valence-corrected chi connectivity index (χ0v) is 12.6. The molecule has 0 aromatic rings. The van der Waals surface area contributed by atoms with E-state index in [9.17, 15) is 0 Å². The Hall–Kier alpha value is -0.160. The fourth-order valence-electron chi connectivity index (χ4n) is 3.69. The molecule has 1 saturated carbocycles. The fourth-order valence-corrected chi connectivity index (χ4v) is 3.69. The molecule has 2 rings (SSSR count). The molecular formula is C14H29N3O. The molecule has 0 bridgehead atoms. The Morgan fingerprint density at radius 2 is 1.89 bits per heavy atom. The molecule has 0 spiro atoms. The molecule has 2 N–H and O–H groups in total. The van der Waals surface area contributed by atoms with Gasteiger partial charge in [-0.3, -0.25) is 0 Å². The molecule has 3 unspecified atom stereocenters. The minimum absolute atomic E-state index is 0.0881. The Morgan fingerprint density at radius 1 is 1.22 bits per heavy atom. The lowest BCUT2D eigenvalue weighted by atomic mass is 9.48. The average Bonchev–Trinajstić information content (AvgIpc) is 2.74. The molecule has 18 heavy (non-hydrogen) atoms. The highest BCUT2D eigenvalue weighted by Crippen LogP contribution is 2.58. The molecule has 0 aromatic carbocycles. The number of rotatable bonds is 5. The number of nitrogens with two attached hydrogens (primary N) is 1. The van der Waals surface area contributed by atoms with Crippen molar-refractivity contribution in [1.29, 1.82) is 0 Å². The van der Waals surface area contributed by atoms with Gasteiger partial charge in [-0.15, -0.1) is 0 Å². The zero-order valence-electron chi connectivity index (χ0n) is 12.6. The van der Waals surface area contributed by atoms with Gasteiger partial charge >= 0.3 is 0 Å². The van der Waals surface area contributed by atoms with Crippen molar-refractivity contribution in [3.63, 3.8) is 0 Å². The Morgan fingerprint density at radius 3 is 2.50 bits per heavy atom. The van der Waals surface area contributed by atoms with Crippen molar-refractivity contribution in [3.05, 3.63) is 0 Å². The summed E-state index contributed by atoms with van der Waals surface area (Å²) < 4.78 is 5.84. The van der Waals surface area contributed by atoms with Crippen molar-refractivity contribution in [1.82, 2.24) is 9.80 Å². The average molecular weight is 255 g/mol. The predicted molar refractivity (Wildman–Crippen MR) is 74.6 cm³/mol. The van der Waals surface area contributed by atoms with Gasteiger partial charge in [0.25, 0.3) is 0 Å². The second kappa shape index (κ2) is 4.75.